The van der Waals surface area contributed by atoms with Gasteiger partial charge in [0.2, 0.25) is 10.3 Å². The highest BCUT2D eigenvalue weighted by Crippen LogP contribution is 2.06. The molecular weight excluding hydrogens is 216 g/mol. The van der Waals surface area contributed by atoms with E-state index in [0.29, 0.717) is 10.9 Å². The summed E-state index contributed by atoms with van der Waals surface area (Å²) in [6.45, 7) is 0. The monoisotopic (exact) mass is 222 g/mol. The second-order valence-corrected chi connectivity index (χ2v) is 3.76. The summed E-state index contributed by atoms with van der Waals surface area (Å²) in [4.78, 5) is 11.3. The van der Waals surface area contributed by atoms with Gasteiger partial charge >= 0.3 is 0 Å². The minimum atomic E-state index is -2.56. The number of aromatic nitrogens is 2. The Morgan fingerprint density at radius 2 is 1.93 bits per heavy atom. The third kappa shape index (κ3) is 1.79. The van der Waals surface area contributed by atoms with Gasteiger partial charge in [0.25, 0.3) is 5.56 Å². The number of nitrogens with zero attached hydrogens (tertiary/aromatic N) is 1. The van der Waals surface area contributed by atoms with Crippen LogP contribution < -0.4 is 5.56 Å². The van der Waals surface area contributed by atoms with E-state index in [2.05, 4.69) is 10.2 Å². The lowest BCUT2D eigenvalue weighted by Crippen LogP contribution is -2.04. The maximum Gasteiger partial charge on any atom is 0.287 e. The first-order valence-electron chi connectivity index (χ1n) is 4.09. The van der Waals surface area contributed by atoms with Crippen LogP contribution in [-0.2, 0) is 10.3 Å². The predicted octanol–water partition coefficient (Wildman–Crippen LogP) is 0.334. The summed E-state index contributed by atoms with van der Waals surface area (Å²) in [5.41, 5.74) is -0.189. The zero-order valence-corrected chi connectivity index (χ0v) is 8.28. The fourth-order valence-corrected chi connectivity index (χ4v) is 1.63. The zero-order valence-electron chi connectivity index (χ0n) is 7.47. The molecular formula is C9H6N2O3S. The van der Waals surface area contributed by atoms with Crippen molar-refractivity contribution in [1.82, 2.24) is 10.2 Å². The van der Waals surface area contributed by atoms with Crippen LogP contribution in [0.4, 0.5) is 0 Å². The number of benzene rings is 1. The van der Waals surface area contributed by atoms with Crippen LogP contribution in [0.3, 0.4) is 0 Å². The van der Waals surface area contributed by atoms with Gasteiger partial charge < -0.3 is 0 Å². The Morgan fingerprint density at radius 1 is 1.20 bits per heavy atom. The predicted molar refractivity (Wildman–Crippen MR) is 54.5 cm³/mol. The van der Waals surface area contributed by atoms with Crippen LogP contribution >= 0.6 is 0 Å². The molecule has 0 atom stereocenters. The van der Waals surface area contributed by atoms with E-state index >= 15 is 0 Å². The lowest BCUT2D eigenvalue weighted by atomic mass is 10.2. The van der Waals surface area contributed by atoms with Gasteiger partial charge in [-0.05, 0) is 12.1 Å². The first kappa shape index (κ1) is 9.60. The van der Waals surface area contributed by atoms with E-state index in [1.54, 1.807) is 24.3 Å². The van der Waals surface area contributed by atoms with Gasteiger partial charge in [0.1, 0.15) is 0 Å². The standard InChI is InChI=1S/C9H6N2O3S/c12-9-8(15(13)14)5-6-3-1-2-4-7(6)10-11-9/h1-5H,(H,11,12). The third-order valence-electron chi connectivity index (χ3n) is 1.90. The lowest BCUT2D eigenvalue weighted by molar-refractivity contribution is 0.624. The molecule has 2 rings (SSSR count). The van der Waals surface area contributed by atoms with Gasteiger partial charge in [-0.15, -0.1) is 0 Å². The smallest absolute Gasteiger partial charge is 0.266 e. The molecule has 1 aromatic carbocycles. The molecule has 1 aromatic heterocycles. The highest BCUT2D eigenvalue weighted by Gasteiger charge is 1.95. The third-order valence-corrected chi connectivity index (χ3v) is 2.57. The molecule has 1 N–H and O–H groups in total. The van der Waals surface area contributed by atoms with E-state index in [-0.39, 0.29) is 4.51 Å². The van der Waals surface area contributed by atoms with Gasteiger partial charge in [-0.25, -0.2) is 5.10 Å². The quantitative estimate of drug-likeness (QED) is 0.651. The van der Waals surface area contributed by atoms with Crippen molar-refractivity contribution >= 4 is 21.2 Å². The molecule has 0 amide bonds. The normalized spacial score (nSPS) is 10.1. The molecule has 15 heavy (non-hydrogen) atoms. The molecule has 0 bridgehead atoms. The number of nitrogens with one attached hydrogen (secondary N) is 1. The number of hydrogen-bond donors (Lipinski definition) is 1. The van der Waals surface area contributed by atoms with E-state index in [4.69, 9.17) is 0 Å². The van der Waals surface area contributed by atoms with Crippen LogP contribution in [-0.4, -0.2) is 18.6 Å². The Balaban J connectivity index is 3.21. The summed E-state index contributed by atoms with van der Waals surface area (Å²) in [6, 6.07) is 8.16. The van der Waals surface area contributed by atoms with Crippen molar-refractivity contribution in [1.29, 1.82) is 0 Å². The summed E-state index contributed by atoms with van der Waals surface area (Å²) < 4.78 is 21.2. The maximum atomic E-state index is 11.3. The van der Waals surface area contributed by atoms with Gasteiger partial charge in [-0.2, -0.15) is 13.5 Å². The molecule has 0 spiro atoms. The van der Waals surface area contributed by atoms with Crippen LogP contribution in [0.2, 0.25) is 0 Å². The molecule has 0 saturated heterocycles. The highest BCUT2D eigenvalue weighted by molar-refractivity contribution is 7.63. The summed E-state index contributed by atoms with van der Waals surface area (Å²) in [6.07, 6.45) is 0. The Hall–Kier alpha value is -1.95. The molecule has 5 nitrogen and oxygen atoms in total. The van der Waals surface area contributed by atoms with Crippen molar-refractivity contribution in [3.63, 3.8) is 0 Å². The zero-order chi connectivity index (χ0) is 10.8. The van der Waals surface area contributed by atoms with Crippen LogP contribution in [0.25, 0.3) is 10.9 Å². The van der Waals surface area contributed by atoms with Crippen LogP contribution in [0.1, 0.15) is 0 Å². The minimum Gasteiger partial charge on any atom is -0.266 e. The van der Waals surface area contributed by atoms with E-state index in [1.165, 1.54) is 6.07 Å². The van der Waals surface area contributed by atoms with Gasteiger partial charge in [0.15, 0.2) is 4.51 Å². The number of fused-ring (bicyclic) bond motifs is 1. The van der Waals surface area contributed by atoms with Gasteiger partial charge in [0.05, 0.1) is 5.52 Å². The van der Waals surface area contributed by atoms with Crippen molar-refractivity contribution < 1.29 is 8.42 Å². The average molecular weight is 222 g/mol. The fraction of sp³-hybridized carbons (Fsp3) is 0. The van der Waals surface area contributed by atoms with Crippen molar-refractivity contribution in [2.45, 2.75) is 0 Å². The first-order valence-corrected chi connectivity index (χ1v) is 5.17. The Morgan fingerprint density at radius 3 is 2.67 bits per heavy atom. The van der Waals surface area contributed by atoms with Crippen molar-refractivity contribution in [3.05, 3.63) is 45.2 Å². The number of rotatable bonds is 0. The van der Waals surface area contributed by atoms with Gasteiger partial charge in [-0.3, -0.25) is 4.79 Å². The first-order chi connectivity index (χ1) is 7.18. The molecule has 0 unspecified atom stereocenters. The van der Waals surface area contributed by atoms with Crippen LogP contribution in [0.15, 0.2) is 35.1 Å². The molecule has 0 aliphatic rings. The Labute approximate surface area is 85.6 Å². The largest absolute Gasteiger partial charge is 0.287 e. The molecule has 2 aromatic rings. The average Bonchev–Trinajstić information content (AvgIpc) is 2.39. The second kappa shape index (κ2) is 3.66. The molecule has 76 valence electrons. The van der Waals surface area contributed by atoms with Crippen LogP contribution in [0.5, 0.6) is 0 Å². The summed E-state index contributed by atoms with van der Waals surface area (Å²) >= 11 is 0. The molecule has 1 heterocycles. The van der Waals surface area contributed by atoms with E-state index < -0.39 is 15.9 Å². The SMILES string of the molecule is O=c1[nH]nc2ccccc2cc1=S(=O)=O. The van der Waals surface area contributed by atoms with E-state index in [0.717, 1.165) is 0 Å². The highest BCUT2D eigenvalue weighted by atomic mass is 32.2. The van der Waals surface area contributed by atoms with E-state index in [9.17, 15) is 13.2 Å². The number of aromatic amines is 1. The van der Waals surface area contributed by atoms with Crippen molar-refractivity contribution in [3.8, 4) is 0 Å². The van der Waals surface area contributed by atoms with Crippen LogP contribution in [0, 0.1) is 4.51 Å². The second-order valence-electron chi connectivity index (χ2n) is 2.85. The van der Waals surface area contributed by atoms with E-state index in [1.807, 2.05) is 0 Å². The number of H-pyrrole nitrogens is 1. The topological polar surface area (TPSA) is 79.9 Å². The minimum absolute atomic E-state index is 0.316. The molecule has 0 fully saturated rings. The van der Waals surface area contributed by atoms with Crippen molar-refractivity contribution in [2.24, 2.45) is 0 Å². The molecule has 0 radical (unpaired) electrons. The van der Waals surface area contributed by atoms with Gasteiger partial charge in [0, 0.05) is 5.39 Å². The van der Waals surface area contributed by atoms with Crippen molar-refractivity contribution in [2.75, 3.05) is 0 Å². The summed E-state index contributed by atoms with van der Waals surface area (Å²) in [5.74, 6) is 0. The molecule has 0 aliphatic heterocycles. The Bertz CT molecular complexity index is 739. The molecule has 0 saturated carbocycles. The number of para-hydroxylation sites is 1. The summed E-state index contributed by atoms with van der Waals surface area (Å²) in [5, 5.41) is 6.52. The Kier molecular flexibility index (Phi) is 2.34. The molecule has 0 aliphatic carbocycles. The fourth-order valence-electron chi connectivity index (χ4n) is 1.21. The maximum absolute atomic E-state index is 11.3. The summed E-state index contributed by atoms with van der Waals surface area (Å²) in [7, 11) is -2.56. The molecule has 6 heteroatoms. The number of hydrogen-bond acceptors (Lipinski definition) is 4. The van der Waals surface area contributed by atoms with Gasteiger partial charge in [-0.1, -0.05) is 18.2 Å². The lowest BCUT2D eigenvalue weighted by Gasteiger charge is -1.85.